The van der Waals surface area contributed by atoms with Crippen LogP contribution in [0, 0.1) is 5.82 Å². The van der Waals surface area contributed by atoms with Crippen molar-refractivity contribution < 1.29 is 9.18 Å². The standard InChI is InChI=1S/C16H12ClFN2O/c17-14(10-12-4-2-1-3-5-12)11-19-20-16(21)13-6-8-15(18)9-7-13/h1-11H,(H,20,21). The molecule has 3 nitrogen and oxygen atoms in total. The number of rotatable bonds is 4. The normalized spacial score (nSPS) is 11.6. The average Bonchev–Trinajstić information content (AvgIpc) is 2.49. The highest BCUT2D eigenvalue weighted by atomic mass is 35.5. The molecule has 0 unspecified atom stereocenters. The third-order valence-corrected chi connectivity index (χ3v) is 2.77. The van der Waals surface area contributed by atoms with Gasteiger partial charge in [-0.2, -0.15) is 5.10 Å². The first-order valence-corrected chi connectivity index (χ1v) is 6.54. The van der Waals surface area contributed by atoms with Gasteiger partial charge in [0.05, 0.1) is 11.2 Å². The molecule has 0 spiro atoms. The van der Waals surface area contributed by atoms with Crippen LogP contribution >= 0.6 is 11.6 Å². The molecule has 106 valence electrons. The molecule has 1 N–H and O–H groups in total. The number of allylic oxidation sites excluding steroid dienone is 1. The molecule has 2 rings (SSSR count). The molecular formula is C16H12ClFN2O. The zero-order valence-electron chi connectivity index (χ0n) is 11.0. The van der Waals surface area contributed by atoms with Crippen molar-refractivity contribution in [3.05, 3.63) is 76.6 Å². The first kappa shape index (κ1) is 14.9. The number of nitrogens with zero attached hydrogens (tertiary/aromatic N) is 1. The fraction of sp³-hybridized carbons (Fsp3) is 0. The minimum Gasteiger partial charge on any atom is -0.267 e. The van der Waals surface area contributed by atoms with Crippen molar-refractivity contribution in [2.24, 2.45) is 5.10 Å². The van der Waals surface area contributed by atoms with Gasteiger partial charge in [-0.1, -0.05) is 41.9 Å². The van der Waals surface area contributed by atoms with Crippen molar-refractivity contribution in [1.29, 1.82) is 0 Å². The van der Waals surface area contributed by atoms with Gasteiger partial charge in [-0.25, -0.2) is 9.82 Å². The Hall–Kier alpha value is -2.46. The lowest BCUT2D eigenvalue weighted by Crippen LogP contribution is -2.17. The number of halogens is 2. The van der Waals surface area contributed by atoms with Crippen molar-refractivity contribution >= 4 is 29.8 Å². The van der Waals surface area contributed by atoms with E-state index < -0.39 is 11.7 Å². The highest BCUT2D eigenvalue weighted by Gasteiger charge is 2.03. The number of amides is 1. The summed E-state index contributed by atoms with van der Waals surface area (Å²) in [5, 5.41) is 4.12. The maximum absolute atomic E-state index is 12.7. The molecule has 0 aliphatic carbocycles. The molecule has 2 aromatic rings. The second-order valence-electron chi connectivity index (χ2n) is 4.15. The summed E-state index contributed by atoms with van der Waals surface area (Å²) in [6.07, 6.45) is 3.05. The molecule has 0 heterocycles. The van der Waals surface area contributed by atoms with E-state index in [9.17, 15) is 9.18 Å². The quantitative estimate of drug-likeness (QED) is 0.677. The SMILES string of the molecule is O=C(NN=CC(Cl)=Cc1ccccc1)c1ccc(F)cc1. The summed E-state index contributed by atoms with van der Waals surface area (Å²) in [4.78, 5) is 11.7. The molecule has 0 saturated heterocycles. The van der Waals surface area contributed by atoms with Gasteiger partial charge in [-0.3, -0.25) is 4.79 Å². The second kappa shape index (κ2) is 7.36. The van der Waals surface area contributed by atoms with E-state index in [0.717, 1.165) is 5.56 Å². The van der Waals surface area contributed by atoms with Gasteiger partial charge in [-0.05, 0) is 35.9 Å². The number of hydrogen-bond acceptors (Lipinski definition) is 2. The van der Waals surface area contributed by atoms with Crippen LogP contribution in [0.4, 0.5) is 4.39 Å². The first-order valence-electron chi connectivity index (χ1n) is 6.16. The van der Waals surface area contributed by atoms with Gasteiger partial charge in [0.15, 0.2) is 0 Å². The van der Waals surface area contributed by atoms with E-state index in [4.69, 9.17) is 11.6 Å². The molecule has 5 heteroatoms. The van der Waals surface area contributed by atoms with Gasteiger partial charge in [0, 0.05) is 5.56 Å². The van der Waals surface area contributed by atoms with Crippen molar-refractivity contribution in [2.75, 3.05) is 0 Å². The zero-order valence-corrected chi connectivity index (χ0v) is 11.7. The minimum absolute atomic E-state index is 0.316. The Morgan fingerprint density at radius 2 is 1.76 bits per heavy atom. The van der Waals surface area contributed by atoms with E-state index in [1.54, 1.807) is 6.08 Å². The van der Waals surface area contributed by atoms with Gasteiger partial charge in [-0.15, -0.1) is 0 Å². The summed E-state index contributed by atoms with van der Waals surface area (Å²) < 4.78 is 12.7. The summed E-state index contributed by atoms with van der Waals surface area (Å²) >= 11 is 5.98. The second-order valence-corrected chi connectivity index (χ2v) is 4.58. The topological polar surface area (TPSA) is 41.5 Å². The predicted octanol–water partition coefficient (Wildman–Crippen LogP) is 3.82. The van der Waals surface area contributed by atoms with Crippen LogP contribution in [-0.2, 0) is 0 Å². The summed E-state index contributed by atoms with van der Waals surface area (Å²) in [5.74, 6) is -0.834. The van der Waals surface area contributed by atoms with Crippen LogP contribution in [0.2, 0.25) is 0 Å². The van der Waals surface area contributed by atoms with E-state index in [0.29, 0.717) is 10.6 Å². The van der Waals surface area contributed by atoms with E-state index >= 15 is 0 Å². The Labute approximate surface area is 126 Å². The minimum atomic E-state index is -0.435. The summed E-state index contributed by atoms with van der Waals surface area (Å²) in [6, 6.07) is 14.7. The van der Waals surface area contributed by atoms with Crippen molar-refractivity contribution in [1.82, 2.24) is 5.43 Å². The maximum Gasteiger partial charge on any atom is 0.271 e. The molecule has 1 amide bonds. The Balaban J connectivity index is 1.94. The van der Waals surface area contributed by atoms with Gasteiger partial charge in [0.2, 0.25) is 0 Å². The fourth-order valence-corrected chi connectivity index (χ4v) is 1.74. The summed E-state index contributed by atoms with van der Waals surface area (Å²) in [5.41, 5.74) is 3.56. The van der Waals surface area contributed by atoms with Crippen LogP contribution in [0.25, 0.3) is 6.08 Å². The lowest BCUT2D eigenvalue weighted by Gasteiger charge is -1.99. The Bertz CT molecular complexity index is 666. The Morgan fingerprint density at radius 1 is 1.10 bits per heavy atom. The first-order chi connectivity index (χ1) is 10.1. The molecular weight excluding hydrogens is 291 g/mol. The van der Waals surface area contributed by atoms with Crippen LogP contribution in [0.3, 0.4) is 0 Å². The lowest BCUT2D eigenvalue weighted by atomic mass is 10.2. The predicted molar refractivity (Wildman–Crippen MR) is 82.6 cm³/mol. The number of hydrazone groups is 1. The number of carbonyl (C=O) groups is 1. The summed E-state index contributed by atoms with van der Waals surface area (Å²) in [7, 11) is 0. The summed E-state index contributed by atoms with van der Waals surface area (Å²) in [6.45, 7) is 0. The monoisotopic (exact) mass is 302 g/mol. The van der Waals surface area contributed by atoms with E-state index in [1.807, 2.05) is 30.3 Å². The highest BCUT2D eigenvalue weighted by Crippen LogP contribution is 2.08. The number of nitrogens with one attached hydrogen (secondary N) is 1. The largest absolute Gasteiger partial charge is 0.271 e. The van der Waals surface area contributed by atoms with Gasteiger partial charge < -0.3 is 0 Å². The molecule has 0 fully saturated rings. The molecule has 0 aliphatic heterocycles. The van der Waals surface area contributed by atoms with Gasteiger partial charge >= 0.3 is 0 Å². The smallest absolute Gasteiger partial charge is 0.267 e. The van der Waals surface area contributed by atoms with E-state index in [-0.39, 0.29) is 0 Å². The van der Waals surface area contributed by atoms with Crippen LogP contribution in [0.1, 0.15) is 15.9 Å². The number of benzene rings is 2. The number of carbonyl (C=O) groups excluding carboxylic acids is 1. The molecule has 0 bridgehead atoms. The zero-order chi connectivity index (χ0) is 15.1. The van der Waals surface area contributed by atoms with E-state index in [2.05, 4.69) is 10.5 Å². The Kier molecular flexibility index (Phi) is 5.23. The van der Waals surface area contributed by atoms with Crippen LogP contribution in [0.5, 0.6) is 0 Å². The van der Waals surface area contributed by atoms with Crippen molar-refractivity contribution in [2.45, 2.75) is 0 Å². The molecule has 0 aliphatic rings. The average molecular weight is 303 g/mol. The fourth-order valence-electron chi connectivity index (χ4n) is 1.56. The molecule has 0 atom stereocenters. The molecule has 2 aromatic carbocycles. The highest BCUT2D eigenvalue weighted by molar-refractivity contribution is 6.41. The van der Waals surface area contributed by atoms with Gasteiger partial charge in [0.1, 0.15) is 5.82 Å². The van der Waals surface area contributed by atoms with Crippen molar-refractivity contribution in [3.8, 4) is 0 Å². The molecule has 21 heavy (non-hydrogen) atoms. The number of hydrogen-bond donors (Lipinski definition) is 1. The van der Waals surface area contributed by atoms with E-state index in [1.165, 1.54) is 30.5 Å². The maximum atomic E-state index is 12.7. The molecule has 0 saturated carbocycles. The molecule has 0 aromatic heterocycles. The van der Waals surface area contributed by atoms with Crippen LogP contribution in [0.15, 0.2) is 64.7 Å². The van der Waals surface area contributed by atoms with Gasteiger partial charge in [0.25, 0.3) is 5.91 Å². The third kappa shape index (κ3) is 4.85. The van der Waals surface area contributed by atoms with Crippen LogP contribution in [-0.4, -0.2) is 12.1 Å². The lowest BCUT2D eigenvalue weighted by molar-refractivity contribution is 0.0955. The Morgan fingerprint density at radius 3 is 2.43 bits per heavy atom. The van der Waals surface area contributed by atoms with Crippen molar-refractivity contribution in [3.63, 3.8) is 0 Å². The third-order valence-electron chi connectivity index (χ3n) is 2.56. The van der Waals surface area contributed by atoms with Crippen LogP contribution < -0.4 is 5.43 Å². The molecule has 0 radical (unpaired) electrons.